The highest BCUT2D eigenvalue weighted by atomic mass is 16.5. The minimum Gasteiger partial charge on any atom is -0.497 e. The summed E-state index contributed by atoms with van der Waals surface area (Å²) in [6.07, 6.45) is 3.10. The summed E-state index contributed by atoms with van der Waals surface area (Å²) >= 11 is 0. The Balaban J connectivity index is 1.99. The van der Waals surface area contributed by atoms with Gasteiger partial charge in [-0.25, -0.2) is 4.79 Å². The van der Waals surface area contributed by atoms with Crippen LogP contribution in [0, 0.1) is 0 Å². The number of rotatable bonds is 7. The van der Waals surface area contributed by atoms with E-state index in [0.717, 1.165) is 16.8 Å². The lowest BCUT2D eigenvalue weighted by molar-refractivity contribution is -0.139. The van der Waals surface area contributed by atoms with Crippen LogP contribution < -0.4 is 15.2 Å². The molecule has 8 heteroatoms. The number of hydrogen-bond acceptors (Lipinski definition) is 5. The van der Waals surface area contributed by atoms with Crippen LogP contribution in [-0.4, -0.2) is 40.3 Å². The molecule has 4 rings (SSSR count). The second kappa shape index (κ2) is 7.75. The Morgan fingerprint density at radius 2 is 1.90 bits per heavy atom. The van der Waals surface area contributed by atoms with Gasteiger partial charge in [-0.15, -0.1) is 0 Å². The number of amides is 1. The monoisotopic (exact) mass is 405 g/mol. The number of nitrogens with zero attached hydrogens (tertiary/aromatic N) is 2. The molecule has 0 atom stereocenters. The summed E-state index contributed by atoms with van der Waals surface area (Å²) in [5.41, 5.74) is 8.40. The molecule has 0 aliphatic heterocycles. The maximum atomic E-state index is 12.1. The first-order chi connectivity index (χ1) is 14.5. The van der Waals surface area contributed by atoms with E-state index in [4.69, 9.17) is 20.3 Å². The van der Waals surface area contributed by atoms with Crippen LogP contribution in [0.2, 0.25) is 0 Å². The van der Waals surface area contributed by atoms with Crippen molar-refractivity contribution in [3.8, 4) is 11.5 Å². The average molecular weight is 405 g/mol. The molecule has 2 aromatic carbocycles. The minimum atomic E-state index is -1.11. The van der Waals surface area contributed by atoms with E-state index in [-0.39, 0.29) is 5.75 Å². The molecule has 8 nitrogen and oxygen atoms in total. The number of carbonyl (C=O) groups is 2. The van der Waals surface area contributed by atoms with E-state index in [1.807, 2.05) is 34.9 Å². The van der Waals surface area contributed by atoms with Gasteiger partial charge in [0.2, 0.25) is 5.91 Å². The summed E-state index contributed by atoms with van der Waals surface area (Å²) in [7, 11) is 1.61. The van der Waals surface area contributed by atoms with Crippen LogP contribution in [0.1, 0.15) is 15.9 Å². The maximum absolute atomic E-state index is 12.1. The van der Waals surface area contributed by atoms with Crippen LogP contribution >= 0.6 is 0 Å². The van der Waals surface area contributed by atoms with Gasteiger partial charge in [0, 0.05) is 17.5 Å². The highest BCUT2D eigenvalue weighted by molar-refractivity contribution is 6.19. The Bertz CT molecular complexity index is 1280. The van der Waals surface area contributed by atoms with Crippen LogP contribution in [-0.2, 0) is 11.3 Å². The number of hydrogen-bond donors (Lipinski definition) is 2. The summed E-state index contributed by atoms with van der Waals surface area (Å²) < 4.78 is 12.8. The second-order valence-corrected chi connectivity index (χ2v) is 6.72. The van der Waals surface area contributed by atoms with Crippen molar-refractivity contribution in [1.82, 2.24) is 9.55 Å². The highest BCUT2D eigenvalue weighted by Crippen LogP contribution is 2.37. The zero-order chi connectivity index (χ0) is 21.3. The van der Waals surface area contributed by atoms with Gasteiger partial charge in [0.05, 0.1) is 35.9 Å². The van der Waals surface area contributed by atoms with Crippen molar-refractivity contribution < 1.29 is 24.2 Å². The Kier molecular flexibility index (Phi) is 4.97. The van der Waals surface area contributed by atoms with Crippen molar-refractivity contribution in [2.75, 3.05) is 13.7 Å². The van der Waals surface area contributed by atoms with Crippen LogP contribution in [0.4, 0.5) is 0 Å². The molecular formula is C22H19N3O5. The van der Waals surface area contributed by atoms with Gasteiger partial charge in [-0.2, -0.15) is 0 Å². The third kappa shape index (κ3) is 3.39. The molecule has 2 heterocycles. The zero-order valence-corrected chi connectivity index (χ0v) is 16.2. The molecule has 1 amide bonds. The number of carboxylic acid groups (broad SMARTS) is 1. The molecule has 0 radical (unpaired) electrons. The van der Waals surface area contributed by atoms with E-state index in [1.165, 1.54) is 6.20 Å². The van der Waals surface area contributed by atoms with E-state index in [0.29, 0.717) is 28.4 Å². The summed E-state index contributed by atoms with van der Waals surface area (Å²) in [4.78, 5) is 27.4. The molecule has 0 saturated heterocycles. The third-order valence-electron chi connectivity index (χ3n) is 4.86. The molecule has 0 aliphatic carbocycles. The number of ether oxygens (including phenoxy) is 2. The Hall–Kier alpha value is -4.07. The molecule has 30 heavy (non-hydrogen) atoms. The van der Waals surface area contributed by atoms with Crippen LogP contribution in [0.5, 0.6) is 11.5 Å². The number of pyridine rings is 1. The van der Waals surface area contributed by atoms with E-state index in [2.05, 4.69) is 4.98 Å². The van der Waals surface area contributed by atoms with Crippen molar-refractivity contribution in [2.45, 2.75) is 6.54 Å². The standard InChI is InChI=1S/C22H19N3O5/c1-29-14-5-2-4-13(8-14)11-25-16-7-3-6-15(22(23)28)20(16)21-17(25)9-24-10-18(21)30-12-19(26)27/h2-10H,11-12H2,1H3,(H2,23,28)(H,26,27). The normalized spacial score (nSPS) is 11.0. The number of methoxy groups -OCH3 is 1. The number of benzene rings is 2. The fourth-order valence-electron chi connectivity index (χ4n) is 3.62. The van der Waals surface area contributed by atoms with Crippen molar-refractivity contribution in [1.29, 1.82) is 0 Å². The van der Waals surface area contributed by atoms with Gasteiger partial charge >= 0.3 is 5.97 Å². The molecule has 2 aromatic heterocycles. The summed E-state index contributed by atoms with van der Waals surface area (Å²) in [5.74, 6) is -0.683. The largest absolute Gasteiger partial charge is 0.497 e. The van der Waals surface area contributed by atoms with Crippen molar-refractivity contribution >= 4 is 33.7 Å². The Morgan fingerprint density at radius 1 is 1.10 bits per heavy atom. The molecule has 0 bridgehead atoms. The third-order valence-corrected chi connectivity index (χ3v) is 4.86. The predicted octanol–water partition coefficient (Wildman–Crippen LogP) is 2.81. The fraction of sp³-hybridized carbons (Fsp3) is 0.136. The summed E-state index contributed by atoms with van der Waals surface area (Å²) in [6, 6.07) is 12.9. The lowest BCUT2D eigenvalue weighted by atomic mass is 10.1. The Labute approximate surface area is 171 Å². The number of aliphatic carboxylic acids is 1. The first-order valence-corrected chi connectivity index (χ1v) is 9.16. The molecule has 0 spiro atoms. The van der Waals surface area contributed by atoms with Gasteiger partial charge in [0.15, 0.2) is 6.61 Å². The molecule has 0 fully saturated rings. The number of nitrogens with two attached hydrogens (primary N) is 1. The first-order valence-electron chi connectivity index (χ1n) is 9.16. The topological polar surface area (TPSA) is 117 Å². The lowest BCUT2D eigenvalue weighted by Crippen LogP contribution is -2.11. The molecule has 0 unspecified atom stereocenters. The van der Waals surface area contributed by atoms with E-state index in [1.54, 1.807) is 25.4 Å². The smallest absolute Gasteiger partial charge is 0.341 e. The highest BCUT2D eigenvalue weighted by Gasteiger charge is 2.20. The fourth-order valence-corrected chi connectivity index (χ4v) is 3.62. The number of aromatic nitrogens is 2. The van der Waals surface area contributed by atoms with Gasteiger partial charge in [-0.3, -0.25) is 9.78 Å². The quantitative estimate of drug-likeness (QED) is 0.488. The number of fused-ring (bicyclic) bond motifs is 3. The van der Waals surface area contributed by atoms with E-state index in [9.17, 15) is 9.59 Å². The predicted molar refractivity (Wildman–Crippen MR) is 111 cm³/mol. The lowest BCUT2D eigenvalue weighted by Gasteiger charge is -2.09. The van der Waals surface area contributed by atoms with E-state index < -0.39 is 18.5 Å². The van der Waals surface area contributed by atoms with Crippen LogP contribution in [0.3, 0.4) is 0 Å². The number of primary amides is 1. The van der Waals surface area contributed by atoms with Crippen LogP contribution in [0.25, 0.3) is 21.8 Å². The van der Waals surface area contributed by atoms with Crippen molar-refractivity contribution in [3.63, 3.8) is 0 Å². The van der Waals surface area contributed by atoms with Gasteiger partial charge in [-0.1, -0.05) is 18.2 Å². The molecule has 3 N–H and O–H groups in total. The molecule has 0 saturated carbocycles. The summed E-state index contributed by atoms with van der Waals surface area (Å²) in [5, 5.41) is 10.2. The van der Waals surface area contributed by atoms with Crippen molar-refractivity contribution in [2.24, 2.45) is 5.73 Å². The number of carboxylic acids is 1. The van der Waals surface area contributed by atoms with Crippen LogP contribution in [0.15, 0.2) is 54.9 Å². The van der Waals surface area contributed by atoms with Gasteiger partial charge in [-0.05, 0) is 29.8 Å². The number of carbonyl (C=O) groups excluding carboxylic acids is 1. The molecule has 4 aromatic rings. The first kappa shape index (κ1) is 19.3. The van der Waals surface area contributed by atoms with E-state index >= 15 is 0 Å². The Morgan fingerprint density at radius 3 is 2.63 bits per heavy atom. The minimum absolute atomic E-state index is 0.276. The molecule has 152 valence electrons. The second-order valence-electron chi connectivity index (χ2n) is 6.72. The van der Waals surface area contributed by atoms with Crippen molar-refractivity contribution in [3.05, 3.63) is 66.0 Å². The van der Waals surface area contributed by atoms with Gasteiger partial charge in [0.25, 0.3) is 0 Å². The van der Waals surface area contributed by atoms with Gasteiger partial charge < -0.3 is 24.9 Å². The maximum Gasteiger partial charge on any atom is 0.341 e. The zero-order valence-electron chi connectivity index (χ0n) is 16.2. The average Bonchev–Trinajstić information content (AvgIpc) is 3.06. The van der Waals surface area contributed by atoms with Gasteiger partial charge in [0.1, 0.15) is 11.5 Å². The SMILES string of the molecule is COc1cccc(Cn2c3cncc(OCC(=O)O)c3c3c(C(N)=O)cccc32)c1. The summed E-state index contributed by atoms with van der Waals surface area (Å²) in [6.45, 7) is -0.0500. The molecular weight excluding hydrogens is 386 g/mol. The molecule has 0 aliphatic rings.